The van der Waals surface area contributed by atoms with Crippen LogP contribution in [0.2, 0.25) is 0 Å². The number of anilines is 1. The molecule has 0 radical (unpaired) electrons. The second-order valence-electron chi connectivity index (χ2n) is 3.81. The first kappa shape index (κ1) is 13.7. The number of nitrogens with one attached hydrogen (secondary N) is 1. The molecule has 2 rings (SSSR count). The number of nitrogens with zero attached hydrogens (tertiary/aromatic N) is 2. The molecule has 0 saturated carbocycles. The van der Waals surface area contributed by atoms with Crippen molar-refractivity contribution in [3.05, 3.63) is 29.8 Å². The highest BCUT2D eigenvalue weighted by molar-refractivity contribution is 8.23. The van der Waals surface area contributed by atoms with Gasteiger partial charge < -0.3 is 5.32 Å². The van der Waals surface area contributed by atoms with E-state index in [9.17, 15) is 9.59 Å². The Balaban J connectivity index is 2.05. The number of rotatable bonds is 3. The largest absolute Gasteiger partial charge is 0.326 e. The summed E-state index contributed by atoms with van der Waals surface area (Å²) in [6.07, 6.45) is 1.56. The summed E-state index contributed by atoms with van der Waals surface area (Å²) in [5.74, 6) is 0.116. The Morgan fingerprint density at radius 1 is 1.47 bits per heavy atom. The normalized spacial score (nSPS) is 15.3. The highest BCUT2D eigenvalue weighted by Crippen LogP contribution is 2.19. The van der Waals surface area contributed by atoms with Crippen LogP contribution >= 0.6 is 24.0 Å². The summed E-state index contributed by atoms with van der Waals surface area (Å²) in [6.45, 7) is 1.45. The van der Waals surface area contributed by atoms with E-state index < -0.39 is 0 Å². The quantitative estimate of drug-likeness (QED) is 0.682. The van der Waals surface area contributed by atoms with E-state index in [1.165, 1.54) is 23.7 Å². The summed E-state index contributed by atoms with van der Waals surface area (Å²) in [6, 6.07) is 7.13. The van der Waals surface area contributed by atoms with Crippen LogP contribution in [-0.2, 0) is 9.59 Å². The maximum absolute atomic E-state index is 11.4. The Morgan fingerprint density at radius 3 is 2.68 bits per heavy atom. The van der Waals surface area contributed by atoms with Crippen LogP contribution in [0.3, 0.4) is 0 Å². The van der Waals surface area contributed by atoms with Gasteiger partial charge in [0.05, 0.1) is 12.0 Å². The van der Waals surface area contributed by atoms with Crippen LogP contribution in [0, 0.1) is 0 Å². The fourth-order valence-electron chi connectivity index (χ4n) is 1.44. The molecule has 1 aromatic carbocycles. The molecule has 0 spiro atoms. The third-order valence-corrected chi connectivity index (χ3v) is 3.62. The maximum atomic E-state index is 11.4. The summed E-state index contributed by atoms with van der Waals surface area (Å²) in [5.41, 5.74) is 1.54. The lowest BCUT2D eigenvalue weighted by molar-refractivity contribution is -0.124. The number of benzene rings is 1. The summed E-state index contributed by atoms with van der Waals surface area (Å²) < 4.78 is 0.469. The zero-order valence-electron chi connectivity index (χ0n) is 10.1. The average molecular weight is 293 g/mol. The van der Waals surface area contributed by atoms with Crippen molar-refractivity contribution in [2.24, 2.45) is 5.10 Å². The molecular weight excluding hydrogens is 282 g/mol. The van der Waals surface area contributed by atoms with Gasteiger partial charge >= 0.3 is 0 Å². The van der Waals surface area contributed by atoms with E-state index in [0.717, 1.165) is 5.56 Å². The monoisotopic (exact) mass is 293 g/mol. The Labute approximate surface area is 120 Å². The Bertz CT molecular complexity index is 539. The molecule has 1 aromatic rings. The molecule has 2 amide bonds. The van der Waals surface area contributed by atoms with Gasteiger partial charge in [-0.15, -0.1) is 0 Å². The molecule has 98 valence electrons. The summed E-state index contributed by atoms with van der Waals surface area (Å²) >= 11 is 6.31. The molecule has 0 aromatic heterocycles. The molecule has 1 heterocycles. The molecule has 7 heteroatoms. The third kappa shape index (κ3) is 3.62. The summed E-state index contributed by atoms with van der Waals surface area (Å²) in [5, 5.41) is 7.95. The second-order valence-corrected chi connectivity index (χ2v) is 5.42. The predicted octanol–water partition coefficient (Wildman–Crippen LogP) is 1.84. The molecule has 0 aliphatic carbocycles. The Kier molecular flexibility index (Phi) is 4.28. The molecule has 1 fully saturated rings. The minimum absolute atomic E-state index is 0.110. The molecule has 1 saturated heterocycles. The van der Waals surface area contributed by atoms with Crippen LogP contribution in [-0.4, -0.2) is 33.1 Å². The Hall–Kier alpha value is -1.73. The number of thiocarbonyl (C=S) groups is 1. The SMILES string of the molecule is CC(=O)Nc1ccc(/C=N\N2C(=O)CSC2=S)cc1. The molecule has 0 bridgehead atoms. The van der Waals surface area contributed by atoms with E-state index >= 15 is 0 Å². The van der Waals surface area contributed by atoms with Gasteiger partial charge in [-0.05, 0) is 17.7 Å². The predicted molar refractivity (Wildman–Crippen MR) is 80.2 cm³/mol. The van der Waals surface area contributed by atoms with Gasteiger partial charge in [0.15, 0.2) is 4.32 Å². The first-order valence-corrected chi connectivity index (χ1v) is 6.87. The van der Waals surface area contributed by atoms with Gasteiger partial charge in [-0.2, -0.15) is 10.1 Å². The molecule has 0 atom stereocenters. The topological polar surface area (TPSA) is 61.8 Å². The van der Waals surface area contributed by atoms with E-state index in [1.807, 2.05) is 0 Å². The number of hydrogen-bond acceptors (Lipinski definition) is 5. The van der Waals surface area contributed by atoms with Gasteiger partial charge in [0, 0.05) is 12.6 Å². The highest BCUT2D eigenvalue weighted by atomic mass is 32.2. The Morgan fingerprint density at radius 2 is 2.16 bits per heavy atom. The lowest BCUT2D eigenvalue weighted by Gasteiger charge is -2.06. The molecule has 1 aliphatic rings. The third-order valence-electron chi connectivity index (χ3n) is 2.28. The van der Waals surface area contributed by atoms with Gasteiger partial charge in [-0.1, -0.05) is 36.1 Å². The molecule has 1 aliphatic heterocycles. The van der Waals surface area contributed by atoms with Crippen LogP contribution in [0.25, 0.3) is 0 Å². The maximum Gasteiger partial charge on any atom is 0.259 e. The fraction of sp³-hybridized carbons (Fsp3) is 0.167. The smallest absolute Gasteiger partial charge is 0.259 e. The minimum atomic E-state index is -0.119. The highest BCUT2D eigenvalue weighted by Gasteiger charge is 2.25. The zero-order chi connectivity index (χ0) is 13.8. The first-order valence-electron chi connectivity index (χ1n) is 5.47. The van der Waals surface area contributed by atoms with Crippen molar-refractivity contribution >= 4 is 52.0 Å². The van der Waals surface area contributed by atoms with E-state index in [4.69, 9.17) is 12.2 Å². The van der Waals surface area contributed by atoms with E-state index in [1.54, 1.807) is 30.5 Å². The van der Waals surface area contributed by atoms with E-state index in [-0.39, 0.29) is 11.8 Å². The second kappa shape index (κ2) is 5.94. The van der Waals surface area contributed by atoms with Gasteiger partial charge in [0.2, 0.25) is 5.91 Å². The van der Waals surface area contributed by atoms with Gasteiger partial charge in [-0.25, -0.2) is 0 Å². The average Bonchev–Trinajstić information content (AvgIpc) is 2.68. The lowest BCUT2D eigenvalue weighted by atomic mass is 10.2. The number of carbonyl (C=O) groups is 2. The van der Waals surface area contributed by atoms with Crippen LogP contribution in [0.1, 0.15) is 12.5 Å². The molecule has 0 unspecified atom stereocenters. The number of hydrogen-bond donors (Lipinski definition) is 1. The summed E-state index contributed by atoms with van der Waals surface area (Å²) in [7, 11) is 0. The summed E-state index contributed by atoms with van der Waals surface area (Å²) in [4.78, 5) is 22.3. The first-order chi connectivity index (χ1) is 9.06. The van der Waals surface area contributed by atoms with Gasteiger partial charge in [0.25, 0.3) is 5.91 Å². The van der Waals surface area contributed by atoms with Crippen molar-refractivity contribution in [3.8, 4) is 0 Å². The van der Waals surface area contributed by atoms with Crippen LogP contribution in [0.4, 0.5) is 5.69 Å². The van der Waals surface area contributed by atoms with Crippen molar-refractivity contribution in [2.75, 3.05) is 11.1 Å². The lowest BCUT2D eigenvalue weighted by Crippen LogP contribution is -2.22. The molecular formula is C12H11N3O2S2. The minimum Gasteiger partial charge on any atom is -0.326 e. The van der Waals surface area contributed by atoms with E-state index in [2.05, 4.69) is 10.4 Å². The molecule has 5 nitrogen and oxygen atoms in total. The number of amides is 2. The van der Waals surface area contributed by atoms with E-state index in [0.29, 0.717) is 15.8 Å². The van der Waals surface area contributed by atoms with Crippen LogP contribution < -0.4 is 5.32 Å². The number of thioether (sulfide) groups is 1. The van der Waals surface area contributed by atoms with Gasteiger partial charge in [-0.3, -0.25) is 9.59 Å². The van der Waals surface area contributed by atoms with Crippen molar-refractivity contribution in [2.45, 2.75) is 6.92 Å². The number of hydrazone groups is 1. The zero-order valence-corrected chi connectivity index (χ0v) is 11.8. The molecule has 19 heavy (non-hydrogen) atoms. The van der Waals surface area contributed by atoms with Crippen molar-refractivity contribution in [1.29, 1.82) is 0 Å². The fourth-order valence-corrected chi connectivity index (χ4v) is 2.41. The van der Waals surface area contributed by atoms with Crippen molar-refractivity contribution in [3.63, 3.8) is 0 Å². The standard InChI is InChI=1S/C12H11N3O2S2/c1-8(16)14-10-4-2-9(3-5-10)6-13-15-11(17)7-19-12(15)18/h2-6H,7H2,1H3,(H,14,16)/b13-6-. The van der Waals surface area contributed by atoms with Crippen LogP contribution in [0.5, 0.6) is 0 Å². The van der Waals surface area contributed by atoms with Crippen LogP contribution in [0.15, 0.2) is 29.4 Å². The van der Waals surface area contributed by atoms with Crippen molar-refractivity contribution < 1.29 is 9.59 Å². The number of carbonyl (C=O) groups excluding carboxylic acids is 2. The molecule has 1 N–H and O–H groups in total. The van der Waals surface area contributed by atoms with Gasteiger partial charge in [0.1, 0.15) is 0 Å². The van der Waals surface area contributed by atoms with Crippen molar-refractivity contribution in [1.82, 2.24) is 5.01 Å².